The predicted octanol–water partition coefficient (Wildman–Crippen LogP) is 3.37. The monoisotopic (exact) mass is 348 g/mol. The van der Waals surface area contributed by atoms with E-state index < -0.39 is 22.9 Å². The predicted molar refractivity (Wildman–Crippen MR) is 76.5 cm³/mol. The van der Waals surface area contributed by atoms with Crippen molar-refractivity contribution in [1.82, 2.24) is 9.97 Å². The van der Waals surface area contributed by atoms with Gasteiger partial charge in [0.2, 0.25) is 0 Å². The summed E-state index contributed by atoms with van der Waals surface area (Å²) in [6.45, 7) is 0. The number of nitrogens with one attached hydrogen (secondary N) is 1. The van der Waals surface area contributed by atoms with Crippen LogP contribution in [0.5, 0.6) is 0 Å². The highest BCUT2D eigenvalue weighted by atomic mass is 35.5. The fraction of sp³-hybridized carbons (Fsp3) is 0.0833. The normalized spacial score (nSPS) is 11.3. The molecule has 10 heteroatoms. The number of pyridine rings is 2. The van der Waals surface area contributed by atoms with E-state index in [-0.39, 0.29) is 5.56 Å². The van der Waals surface area contributed by atoms with Gasteiger partial charge in [-0.15, -0.1) is 0 Å². The van der Waals surface area contributed by atoms with Crippen LogP contribution >= 0.6 is 23.5 Å². The Kier molecular flexibility index (Phi) is 4.89. The number of nitrogens with zero attached hydrogens (tertiary/aromatic N) is 2. The lowest BCUT2D eigenvalue weighted by Gasteiger charge is -2.09. The Bertz CT molecular complexity index is 711. The number of nitrogens with two attached hydrogens (primary N) is 1. The third kappa shape index (κ3) is 3.87. The van der Waals surface area contributed by atoms with Gasteiger partial charge in [-0.2, -0.15) is 13.2 Å². The second kappa shape index (κ2) is 6.51. The number of hydrogen-bond donors (Lipinski definition) is 2. The average Bonchev–Trinajstić information content (AvgIpc) is 2.46. The molecule has 0 bridgehead atoms. The molecule has 22 heavy (non-hydrogen) atoms. The summed E-state index contributed by atoms with van der Waals surface area (Å²) < 4.78 is 37.5. The number of rotatable bonds is 3. The van der Waals surface area contributed by atoms with Crippen LogP contribution in [-0.4, -0.2) is 15.9 Å². The SMILES string of the molecule is NSc1cc(NC(=O)c2ccc(C(F)(F)F)nc2Cl)ccn1. The molecule has 5 nitrogen and oxygen atoms in total. The van der Waals surface area contributed by atoms with E-state index in [2.05, 4.69) is 15.3 Å². The Morgan fingerprint density at radius 1 is 1.32 bits per heavy atom. The van der Waals surface area contributed by atoms with Gasteiger partial charge in [-0.25, -0.2) is 9.97 Å². The minimum Gasteiger partial charge on any atom is -0.322 e. The van der Waals surface area contributed by atoms with Gasteiger partial charge in [0.05, 0.1) is 5.56 Å². The number of anilines is 1. The molecule has 2 rings (SSSR count). The van der Waals surface area contributed by atoms with Crippen LogP contribution in [0, 0.1) is 0 Å². The summed E-state index contributed by atoms with van der Waals surface area (Å²) >= 11 is 6.53. The number of halogens is 4. The Morgan fingerprint density at radius 3 is 2.64 bits per heavy atom. The third-order valence-corrected chi connectivity index (χ3v) is 3.25. The van der Waals surface area contributed by atoms with Gasteiger partial charge in [-0.05, 0) is 36.2 Å². The van der Waals surface area contributed by atoms with Gasteiger partial charge in [0.1, 0.15) is 15.9 Å². The quantitative estimate of drug-likeness (QED) is 0.656. The lowest BCUT2D eigenvalue weighted by Crippen LogP contribution is -2.15. The zero-order valence-electron chi connectivity index (χ0n) is 10.7. The molecule has 0 saturated carbocycles. The lowest BCUT2D eigenvalue weighted by atomic mass is 10.2. The minimum absolute atomic E-state index is 0.173. The summed E-state index contributed by atoms with van der Waals surface area (Å²) in [5, 5.41) is 7.76. The van der Waals surface area contributed by atoms with Gasteiger partial charge in [-0.3, -0.25) is 9.93 Å². The van der Waals surface area contributed by atoms with Gasteiger partial charge in [0, 0.05) is 11.9 Å². The van der Waals surface area contributed by atoms with Crippen molar-refractivity contribution in [3.05, 3.63) is 46.9 Å². The van der Waals surface area contributed by atoms with Crippen molar-refractivity contribution in [1.29, 1.82) is 0 Å². The van der Waals surface area contributed by atoms with E-state index in [0.717, 1.165) is 18.0 Å². The van der Waals surface area contributed by atoms with Crippen LogP contribution in [0.15, 0.2) is 35.5 Å². The maximum absolute atomic E-state index is 12.5. The van der Waals surface area contributed by atoms with E-state index in [9.17, 15) is 18.0 Å². The van der Waals surface area contributed by atoms with Crippen molar-refractivity contribution in [2.75, 3.05) is 5.32 Å². The topological polar surface area (TPSA) is 80.9 Å². The molecule has 0 aliphatic carbocycles. The second-order valence-electron chi connectivity index (χ2n) is 3.99. The molecule has 2 aromatic heterocycles. The van der Waals surface area contributed by atoms with Crippen molar-refractivity contribution < 1.29 is 18.0 Å². The van der Waals surface area contributed by atoms with Gasteiger partial charge in [0.15, 0.2) is 0 Å². The van der Waals surface area contributed by atoms with Gasteiger partial charge < -0.3 is 5.32 Å². The zero-order valence-corrected chi connectivity index (χ0v) is 12.3. The molecular weight excluding hydrogens is 341 g/mol. The van der Waals surface area contributed by atoms with Gasteiger partial charge >= 0.3 is 6.18 Å². The Morgan fingerprint density at radius 2 is 2.05 bits per heavy atom. The van der Waals surface area contributed by atoms with Crippen LogP contribution in [0.1, 0.15) is 16.1 Å². The molecule has 0 unspecified atom stereocenters. The van der Waals surface area contributed by atoms with E-state index >= 15 is 0 Å². The van der Waals surface area contributed by atoms with Crippen molar-refractivity contribution in [2.45, 2.75) is 11.2 Å². The minimum atomic E-state index is -4.63. The smallest absolute Gasteiger partial charge is 0.322 e. The molecule has 0 spiro atoms. The average molecular weight is 349 g/mol. The molecular formula is C12H8ClF3N4OS. The van der Waals surface area contributed by atoms with Crippen LogP contribution < -0.4 is 10.5 Å². The summed E-state index contributed by atoms with van der Waals surface area (Å²) in [7, 11) is 0. The third-order valence-electron chi connectivity index (χ3n) is 2.50. The van der Waals surface area contributed by atoms with Crippen LogP contribution in [0.25, 0.3) is 0 Å². The molecule has 0 aliphatic heterocycles. The first-order chi connectivity index (χ1) is 10.3. The van der Waals surface area contributed by atoms with Crippen molar-refractivity contribution in [3.8, 4) is 0 Å². The Labute approximate surface area is 132 Å². The molecule has 2 heterocycles. The van der Waals surface area contributed by atoms with Gasteiger partial charge in [-0.1, -0.05) is 11.6 Å². The summed E-state index contributed by atoms with van der Waals surface area (Å²) in [5.74, 6) is -0.689. The molecule has 116 valence electrons. The van der Waals surface area contributed by atoms with Crippen molar-refractivity contribution in [2.24, 2.45) is 5.14 Å². The Balaban J connectivity index is 2.22. The standard InChI is InChI=1S/C12H8ClF3N4OS/c13-10-7(1-2-8(20-10)12(14,15)16)11(21)19-6-3-4-18-9(5-6)22-17/h1-5H,17H2,(H,18,19,21). The zero-order chi connectivity index (χ0) is 16.3. The molecule has 2 aromatic rings. The van der Waals surface area contributed by atoms with Crippen LogP contribution in [0.3, 0.4) is 0 Å². The number of amides is 1. The van der Waals surface area contributed by atoms with E-state index in [1.54, 1.807) is 0 Å². The van der Waals surface area contributed by atoms with E-state index in [1.807, 2.05) is 0 Å². The molecule has 0 aliphatic rings. The molecule has 0 saturated heterocycles. The van der Waals surface area contributed by atoms with Crippen LogP contribution in [-0.2, 0) is 6.18 Å². The summed E-state index contributed by atoms with van der Waals surface area (Å²) in [6, 6.07) is 4.67. The summed E-state index contributed by atoms with van der Waals surface area (Å²) in [4.78, 5) is 19.1. The highest BCUT2D eigenvalue weighted by Gasteiger charge is 2.33. The van der Waals surface area contributed by atoms with Crippen molar-refractivity contribution in [3.63, 3.8) is 0 Å². The highest BCUT2D eigenvalue weighted by Crippen LogP contribution is 2.29. The van der Waals surface area contributed by atoms with E-state index in [4.69, 9.17) is 16.7 Å². The molecule has 0 radical (unpaired) electrons. The molecule has 1 amide bonds. The molecule has 0 atom stereocenters. The number of carbonyl (C=O) groups excluding carboxylic acids is 1. The maximum Gasteiger partial charge on any atom is 0.433 e. The highest BCUT2D eigenvalue weighted by molar-refractivity contribution is 7.97. The summed E-state index contributed by atoms with van der Waals surface area (Å²) in [6.07, 6.45) is -3.20. The maximum atomic E-state index is 12.5. The van der Waals surface area contributed by atoms with Crippen LogP contribution in [0.2, 0.25) is 5.15 Å². The largest absolute Gasteiger partial charge is 0.433 e. The number of alkyl halides is 3. The summed E-state index contributed by atoms with van der Waals surface area (Å²) in [5.41, 5.74) is -0.961. The first-order valence-corrected chi connectivity index (χ1v) is 6.95. The number of hydrogen-bond acceptors (Lipinski definition) is 5. The first-order valence-electron chi connectivity index (χ1n) is 5.69. The first kappa shape index (κ1) is 16.5. The van der Waals surface area contributed by atoms with E-state index in [1.165, 1.54) is 18.3 Å². The lowest BCUT2D eigenvalue weighted by molar-refractivity contribution is -0.141. The number of aromatic nitrogens is 2. The fourth-order valence-corrected chi connectivity index (χ4v) is 2.07. The number of carbonyl (C=O) groups is 1. The molecule has 0 fully saturated rings. The van der Waals surface area contributed by atoms with E-state index in [0.29, 0.717) is 16.8 Å². The van der Waals surface area contributed by atoms with Crippen molar-refractivity contribution >= 4 is 35.1 Å². The van der Waals surface area contributed by atoms with Gasteiger partial charge in [0.25, 0.3) is 5.91 Å². The second-order valence-corrected chi connectivity index (χ2v) is 5.00. The fourth-order valence-electron chi connectivity index (χ4n) is 1.51. The van der Waals surface area contributed by atoms with Crippen LogP contribution in [0.4, 0.5) is 18.9 Å². The molecule has 3 N–H and O–H groups in total. The Hall–Kier alpha value is -1.84. The molecule has 0 aromatic carbocycles.